The van der Waals surface area contributed by atoms with Gasteiger partial charge in [-0.3, -0.25) is 0 Å². The van der Waals surface area contributed by atoms with Crippen LogP contribution in [0, 0.1) is 0 Å². The molecule has 2 atom stereocenters. The number of rotatable bonds is 2. The number of hydrogen-bond acceptors (Lipinski definition) is 3. The quantitative estimate of drug-likeness (QED) is 0.591. The molecule has 0 amide bonds. The van der Waals surface area contributed by atoms with Gasteiger partial charge in [-0.2, -0.15) is 0 Å². The van der Waals surface area contributed by atoms with E-state index in [1.54, 1.807) is 0 Å². The van der Waals surface area contributed by atoms with Crippen LogP contribution in [0.3, 0.4) is 0 Å². The van der Waals surface area contributed by atoms with Crippen molar-refractivity contribution in [1.29, 1.82) is 0 Å². The Balaban J connectivity index is -0.000000107. The van der Waals surface area contributed by atoms with E-state index in [0.29, 0.717) is 0 Å². The largest absolute Gasteiger partial charge is 0.429 e. The molecule has 0 fully saturated rings. The summed E-state index contributed by atoms with van der Waals surface area (Å²) in [6, 6.07) is 0. The molecule has 0 spiro atoms. The molecule has 2 radical (unpaired) electrons. The van der Waals surface area contributed by atoms with E-state index < -0.39 is 13.9 Å². The zero-order chi connectivity index (χ0) is 7.71. The average molecular weight is 277 g/mol. The Bertz CT molecular complexity index is 166. The van der Waals surface area contributed by atoms with Crippen LogP contribution in [0.5, 0.6) is 0 Å². The maximum absolute atomic E-state index is 9.91. The normalized spacial score (nSPS) is 18.3. The van der Waals surface area contributed by atoms with Crippen molar-refractivity contribution in [2.75, 3.05) is 0 Å². The summed E-state index contributed by atoms with van der Waals surface area (Å²) in [6.07, 6.45) is 0. The molecule has 0 aliphatic carbocycles. The van der Waals surface area contributed by atoms with Crippen LogP contribution in [0.2, 0.25) is 0 Å². The summed E-state index contributed by atoms with van der Waals surface area (Å²) in [4.78, 5) is 16.1. The van der Waals surface area contributed by atoms with Crippen molar-refractivity contribution >= 4 is 95.5 Å². The minimum Gasteiger partial charge on any atom is -0.312 e. The van der Waals surface area contributed by atoms with Crippen molar-refractivity contribution in [2.45, 2.75) is 7.43 Å². The Kier molecular flexibility index (Phi) is 18.5. The van der Waals surface area contributed by atoms with Gasteiger partial charge in [0.1, 0.15) is 0 Å². The van der Waals surface area contributed by atoms with Gasteiger partial charge in [0.15, 0.2) is 0 Å². The van der Waals surface area contributed by atoms with Crippen LogP contribution in [0.4, 0.5) is 0 Å². The Morgan fingerprint density at radius 2 is 1.17 bits per heavy atom. The Morgan fingerprint density at radius 1 is 1.00 bits per heavy atom. The molecule has 0 aromatic heterocycles. The minimum atomic E-state index is -4.46. The average Bonchev–Trinajstić information content (AvgIpc) is 1.14. The van der Waals surface area contributed by atoms with Crippen LogP contribution >= 0.6 is 36.4 Å². The van der Waals surface area contributed by atoms with E-state index in [1.165, 1.54) is 0 Å². The SMILES string of the molecule is C.O=P(O)(Cl)OP(=O)(O)Cl.[Na].[Na]. The summed E-state index contributed by atoms with van der Waals surface area (Å²) in [5.41, 5.74) is 0. The third-order valence-corrected chi connectivity index (χ3v) is 2.92. The standard InChI is InChI=1S/CH4.Cl2H2O5P2.2Na/c;1-8(3,4)7-9(2,5)6;;/h1H4;(H,3,4)(H,5,6);;. The van der Waals surface area contributed by atoms with Crippen LogP contribution in [-0.4, -0.2) is 68.9 Å². The van der Waals surface area contributed by atoms with Gasteiger partial charge < -0.3 is 9.79 Å². The van der Waals surface area contributed by atoms with E-state index in [9.17, 15) is 9.13 Å². The third-order valence-electron chi connectivity index (χ3n) is 0.201. The predicted molar refractivity (Wildman–Crippen MR) is 50.7 cm³/mol. The number of hydrogen-bond donors (Lipinski definition) is 2. The Labute approximate surface area is 124 Å². The summed E-state index contributed by atoms with van der Waals surface area (Å²) in [6.45, 7) is -8.92. The van der Waals surface area contributed by atoms with Gasteiger partial charge in [-0.1, -0.05) is 7.43 Å². The summed E-state index contributed by atoms with van der Waals surface area (Å²) < 4.78 is 23.2. The summed E-state index contributed by atoms with van der Waals surface area (Å²) in [7, 11) is 0. The molecule has 0 bridgehead atoms. The molecule has 2 unspecified atom stereocenters. The Hall–Kier alpha value is 2.92. The van der Waals surface area contributed by atoms with Gasteiger partial charge in [0.2, 0.25) is 0 Å². The maximum Gasteiger partial charge on any atom is 0.429 e. The molecule has 12 heavy (non-hydrogen) atoms. The molecule has 0 saturated heterocycles. The zero-order valence-corrected chi connectivity index (χ0v) is 13.1. The first-order valence-electron chi connectivity index (χ1n) is 1.47. The molecule has 0 heterocycles. The van der Waals surface area contributed by atoms with Gasteiger partial charge in [-0.25, -0.2) is 13.4 Å². The zero-order valence-electron chi connectivity index (χ0n) is 5.77. The molecular formula is CH6Cl2Na2O5P2. The molecule has 2 N–H and O–H groups in total. The fourth-order valence-corrected chi connectivity index (χ4v) is 2.91. The van der Waals surface area contributed by atoms with Gasteiger partial charge in [-0.05, 0) is 0 Å². The molecule has 0 aliphatic heterocycles. The smallest absolute Gasteiger partial charge is 0.312 e. The molecule has 66 valence electrons. The van der Waals surface area contributed by atoms with Gasteiger partial charge in [0.25, 0.3) is 0 Å². The number of halogens is 2. The van der Waals surface area contributed by atoms with Gasteiger partial charge in [-0.15, -0.1) is 0 Å². The first-order valence-corrected chi connectivity index (χ1v) is 6.43. The molecule has 5 nitrogen and oxygen atoms in total. The summed E-state index contributed by atoms with van der Waals surface area (Å²) in [5, 5.41) is 0. The van der Waals surface area contributed by atoms with Gasteiger partial charge in [0.05, 0.1) is 0 Å². The predicted octanol–water partition coefficient (Wildman–Crippen LogP) is 1.56. The van der Waals surface area contributed by atoms with Crippen LogP contribution in [0.25, 0.3) is 0 Å². The van der Waals surface area contributed by atoms with Crippen molar-refractivity contribution in [3.05, 3.63) is 0 Å². The van der Waals surface area contributed by atoms with Crippen molar-refractivity contribution in [1.82, 2.24) is 0 Å². The van der Waals surface area contributed by atoms with E-state index in [-0.39, 0.29) is 66.5 Å². The second kappa shape index (κ2) is 9.17. The van der Waals surface area contributed by atoms with E-state index in [0.717, 1.165) is 0 Å². The fraction of sp³-hybridized carbons (Fsp3) is 1.00. The van der Waals surface area contributed by atoms with E-state index in [2.05, 4.69) is 26.8 Å². The molecule has 0 saturated carbocycles. The maximum atomic E-state index is 9.91. The summed E-state index contributed by atoms with van der Waals surface area (Å²) in [5.74, 6) is 0. The molecule has 0 aliphatic rings. The molecule has 0 aromatic rings. The fourth-order valence-electron chi connectivity index (χ4n) is 0.124. The second-order valence-electron chi connectivity index (χ2n) is 0.985. The summed E-state index contributed by atoms with van der Waals surface area (Å²) >= 11 is 8.98. The van der Waals surface area contributed by atoms with Crippen LogP contribution in [0.1, 0.15) is 7.43 Å². The first kappa shape index (κ1) is 24.2. The molecule has 0 rings (SSSR count). The first-order chi connectivity index (χ1) is 3.71. The topological polar surface area (TPSA) is 83.8 Å². The van der Waals surface area contributed by atoms with Crippen molar-refractivity contribution < 1.29 is 23.2 Å². The monoisotopic (exact) mass is 276 g/mol. The van der Waals surface area contributed by atoms with Crippen molar-refractivity contribution in [2.24, 2.45) is 0 Å². The molecular weight excluding hydrogens is 271 g/mol. The van der Waals surface area contributed by atoms with Gasteiger partial charge in [0, 0.05) is 81.6 Å². The molecule has 11 heteroatoms. The van der Waals surface area contributed by atoms with Crippen LogP contribution < -0.4 is 0 Å². The second-order valence-corrected chi connectivity index (χ2v) is 6.01. The minimum absolute atomic E-state index is 0. The van der Waals surface area contributed by atoms with Crippen LogP contribution in [0.15, 0.2) is 0 Å². The Morgan fingerprint density at radius 3 is 1.17 bits per heavy atom. The van der Waals surface area contributed by atoms with Crippen molar-refractivity contribution in [3.8, 4) is 0 Å². The molecule has 0 aromatic carbocycles. The van der Waals surface area contributed by atoms with E-state index >= 15 is 0 Å². The van der Waals surface area contributed by atoms with Gasteiger partial charge >= 0.3 is 13.9 Å². The third kappa shape index (κ3) is 23.1. The van der Waals surface area contributed by atoms with Crippen LogP contribution in [-0.2, 0) is 13.4 Å². The van der Waals surface area contributed by atoms with E-state index in [1.807, 2.05) is 0 Å². The van der Waals surface area contributed by atoms with Crippen molar-refractivity contribution in [3.63, 3.8) is 0 Å². The van der Waals surface area contributed by atoms with E-state index in [4.69, 9.17) is 9.79 Å².